The average Bonchev–Trinajstić information content (AvgIpc) is 2.58. The van der Waals surface area contributed by atoms with E-state index in [1.165, 1.54) is 11.1 Å². The topological polar surface area (TPSA) is 9.23 Å². The fraction of sp³-hybridized carbons (Fsp3) is 0.143. The Hall–Kier alpha value is -2.54. The number of ether oxygens (including phenoxy) is 1. The summed E-state index contributed by atoms with van der Waals surface area (Å²) in [6.45, 7) is 2.22. The van der Waals surface area contributed by atoms with E-state index in [1.54, 1.807) is 0 Å². The molecule has 0 N–H and O–H groups in total. The summed E-state index contributed by atoms with van der Waals surface area (Å²) in [6.07, 6.45) is 1.07. The lowest BCUT2D eigenvalue weighted by Gasteiger charge is -2.17. The Balaban J connectivity index is 1.87. The second-order valence-electron chi connectivity index (χ2n) is 5.36. The molecule has 1 unspecified atom stereocenters. The molecular weight excluding hydrogens is 268 g/mol. The molecule has 1 heteroatoms. The van der Waals surface area contributed by atoms with Crippen molar-refractivity contribution in [3.63, 3.8) is 0 Å². The maximum absolute atomic E-state index is 5.95. The smallest absolute Gasteiger partial charge is 0.127 e. The van der Waals surface area contributed by atoms with Crippen LogP contribution in [0, 0.1) is 0 Å². The summed E-state index contributed by atoms with van der Waals surface area (Å²) in [5.74, 6) is 2.16. The van der Waals surface area contributed by atoms with Crippen LogP contribution in [0.15, 0.2) is 84.9 Å². The standard InChI is InChI=1S/C21H20O/c1-2-21(17-10-5-3-6-11-17)18-12-9-15-20(16-18)22-19-13-7-4-8-14-19/h3-16,21H,2H2,1H3. The minimum absolute atomic E-state index is 0.403. The van der Waals surface area contributed by atoms with E-state index in [4.69, 9.17) is 4.74 Å². The molecule has 0 bridgehead atoms. The SMILES string of the molecule is CCC(c1ccccc1)c1cccc(Oc2ccccc2)c1. The summed E-state index contributed by atoms with van der Waals surface area (Å²) < 4.78 is 5.95. The molecule has 0 aliphatic rings. The number of rotatable bonds is 5. The third-order valence-electron chi connectivity index (χ3n) is 3.85. The van der Waals surface area contributed by atoms with Gasteiger partial charge in [0.2, 0.25) is 0 Å². The minimum Gasteiger partial charge on any atom is -0.457 e. The predicted molar refractivity (Wildman–Crippen MR) is 91.5 cm³/mol. The molecule has 22 heavy (non-hydrogen) atoms. The third-order valence-corrected chi connectivity index (χ3v) is 3.85. The highest BCUT2D eigenvalue weighted by molar-refractivity contribution is 5.39. The van der Waals surface area contributed by atoms with E-state index in [2.05, 4.69) is 55.5 Å². The molecule has 3 rings (SSSR count). The van der Waals surface area contributed by atoms with Gasteiger partial charge in [0, 0.05) is 5.92 Å². The van der Waals surface area contributed by atoms with E-state index in [1.807, 2.05) is 36.4 Å². The van der Waals surface area contributed by atoms with Crippen LogP contribution in [0.1, 0.15) is 30.4 Å². The van der Waals surface area contributed by atoms with Crippen LogP contribution in [0.3, 0.4) is 0 Å². The fourth-order valence-electron chi connectivity index (χ4n) is 2.77. The molecule has 0 aromatic heterocycles. The lowest BCUT2D eigenvalue weighted by Crippen LogP contribution is -1.99. The van der Waals surface area contributed by atoms with Gasteiger partial charge in [0.15, 0.2) is 0 Å². The molecule has 0 radical (unpaired) electrons. The van der Waals surface area contributed by atoms with Gasteiger partial charge in [-0.15, -0.1) is 0 Å². The van der Waals surface area contributed by atoms with Gasteiger partial charge in [-0.2, -0.15) is 0 Å². The van der Waals surface area contributed by atoms with Crippen molar-refractivity contribution in [3.8, 4) is 11.5 Å². The molecule has 0 aliphatic carbocycles. The Labute approximate surface area is 132 Å². The second kappa shape index (κ2) is 6.95. The van der Waals surface area contributed by atoms with Crippen molar-refractivity contribution in [2.24, 2.45) is 0 Å². The Morgan fingerprint density at radius 3 is 1.95 bits per heavy atom. The van der Waals surface area contributed by atoms with Crippen molar-refractivity contribution in [2.45, 2.75) is 19.3 Å². The molecule has 0 saturated carbocycles. The maximum Gasteiger partial charge on any atom is 0.127 e. The van der Waals surface area contributed by atoms with Crippen LogP contribution in [-0.2, 0) is 0 Å². The van der Waals surface area contributed by atoms with Crippen LogP contribution in [0.4, 0.5) is 0 Å². The van der Waals surface area contributed by atoms with Crippen molar-refractivity contribution in [2.75, 3.05) is 0 Å². The van der Waals surface area contributed by atoms with Gasteiger partial charge in [0.25, 0.3) is 0 Å². The van der Waals surface area contributed by atoms with Crippen LogP contribution in [0.2, 0.25) is 0 Å². The Morgan fingerprint density at radius 2 is 1.27 bits per heavy atom. The van der Waals surface area contributed by atoms with E-state index in [0.717, 1.165) is 17.9 Å². The quantitative estimate of drug-likeness (QED) is 0.557. The first kappa shape index (κ1) is 14.4. The molecule has 3 aromatic carbocycles. The van der Waals surface area contributed by atoms with Crippen molar-refractivity contribution < 1.29 is 4.74 Å². The highest BCUT2D eigenvalue weighted by Gasteiger charge is 2.12. The van der Waals surface area contributed by atoms with Crippen LogP contribution < -0.4 is 4.74 Å². The first-order valence-electron chi connectivity index (χ1n) is 7.74. The molecular formula is C21H20O. The summed E-state index contributed by atoms with van der Waals surface area (Å²) in [7, 11) is 0. The third kappa shape index (κ3) is 3.37. The molecule has 0 spiro atoms. The van der Waals surface area contributed by atoms with E-state index in [9.17, 15) is 0 Å². The largest absolute Gasteiger partial charge is 0.457 e. The molecule has 0 heterocycles. The lowest BCUT2D eigenvalue weighted by atomic mass is 9.89. The Kier molecular flexibility index (Phi) is 4.55. The molecule has 0 aliphatic heterocycles. The number of para-hydroxylation sites is 1. The zero-order valence-electron chi connectivity index (χ0n) is 12.8. The van der Waals surface area contributed by atoms with Gasteiger partial charge in [0.05, 0.1) is 0 Å². The lowest BCUT2D eigenvalue weighted by molar-refractivity contribution is 0.481. The van der Waals surface area contributed by atoms with Crippen LogP contribution >= 0.6 is 0 Å². The molecule has 0 amide bonds. The van der Waals surface area contributed by atoms with Gasteiger partial charge in [-0.1, -0.05) is 67.6 Å². The monoisotopic (exact) mass is 288 g/mol. The van der Waals surface area contributed by atoms with E-state index >= 15 is 0 Å². The van der Waals surface area contributed by atoms with E-state index in [0.29, 0.717) is 5.92 Å². The zero-order chi connectivity index (χ0) is 15.2. The average molecular weight is 288 g/mol. The fourth-order valence-corrected chi connectivity index (χ4v) is 2.77. The van der Waals surface area contributed by atoms with Crippen molar-refractivity contribution in [3.05, 3.63) is 96.1 Å². The van der Waals surface area contributed by atoms with E-state index < -0.39 is 0 Å². The summed E-state index contributed by atoms with van der Waals surface area (Å²) in [6, 6.07) is 29.0. The predicted octanol–water partition coefficient (Wildman–Crippen LogP) is 6.02. The summed E-state index contributed by atoms with van der Waals surface area (Å²) >= 11 is 0. The van der Waals surface area contributed by atoms with Crippen molar-refractivity contribution >= 4 is 0 Å². The maximum atomic E-state index is 5.95. The van der Waals surface area contributed by atoms with Gasteiger partial charge in [0.1, 0.15) is 11.5 Å². The Morgan fingerprint density at radius 1 is 0.682 bits per heavy atom. The molecule has 0 fully saturated rings. The van der Waals surface area contributed by atoms with Gasteiger partial charge >= 0.3 is 0 Å². The second-order valence-corrected chi connectivity index (χ2v) is 5.36. The van der Waals surface area contributed by atoms with Crippen molar-refractivity contribution in [1.29, 1.82) is 0 Å². The summed E-state index contributed by atoms with van der Waals surface area (Å²) in [5.41, 5.74) is 2.64. The molecule has 0 saturated heterocycles. The van der Waals surface area contributed by atoms with Gasteiger partial charge in [-0.25, -0.2) is 0 Å². The van der Waals surface area contributed by atoms with Gasteiger partial charge < -0.3 is 4.74 Å². The molecule has 1 nitrogen and oxygen atoms in total. The van der Waals surface area contributed by atoms with Crippen molar-refractivity contribution in [1.82, 2.24) is 0 Å². The minimum atomic E-state index is 0.403. The first-order chi connectivity index (χ1) is 10.9. The summed E-state index contributed by atoms with van der Waals surface area (Å²) in [4.78, 5) is 0. The summed E-state index contributed by atoms with van der Waals surface area (Å²) in [5, 5.41) is 0. The highest BCUT2D eigenvalue weighted by Crippen LogP contribution is 2.31. The molecule has 110 valence electrons. The van der Waals surface area contributed by atoms with Gasteiger partial charge in [-0.3, -0.25) is 0 Å². The van der Waals surface area contributed by atoms with Gasteiger partial charge in [-0.05, 0) is 41.8 Å². The molecule has 3 aromatic rings. The number of hydrogen-bond acceptors (Lipinski definition) is 1. The number of benzene rings is 3. The normalized spacial score (nSPS) is 11.9. The van der Waals surface area contributed by atoms with Crippen LogP contribution in [0.5, 0.6) is 11.5 Å². The van der Waals surface area contributed by atoms with Crippen LogP contribution in [-0.4, -0.2) is 0 Å². The molecule has 1 atom stereocenters. The van der Waals surface area contributed by atoms with E-state index in [-0.39, 0.29) is 0 Å². The van der Waals surface area contributed by atoms with Crippen LogP contribution in [0.25, 0.3) is 0 Å². The number of hydrogen-bond donors (Lipinski definition) is 0. The Bertz CT molecular complexity index is 704. The zero-order valence-corrected chi connectivity index (χ0v) is 12.8. The highest BCUT2D eigenvalue weighted by atomic mass is 16.5. The first-order valence-corrected chi connectivity index (χ1v) is 7.74.